The lowest BCUT2D eigenvalue weighted by Gasteiger charge is -2.28. The van der Waals surface area contributed by atoms with Crippen molar-refractivity contribution >= 4 is 5.91 Å². The Morgan fingerprint density at radius 3 is 3.00 bits per heavy atom. The second kappa shape index (κ2) is 3.98. The summed E-state index contributed by atoms with van der Waals surface area (Å²) in [6.45, 7) is 2.19. The van der Waals surface area contributed by atoms with Crippen molar-refractivity contribution in [1.29, 1.82) is 0 Å². The number of aromatic nitrogens is 2. The second-order valence-electron chi connectivity index (χ2n) is 5.22. The molecule has 1 fully saturated rings. The molecule has 0 N–H and O–H groups in total. The van der Waals surface area contributed by atoms with E-state index < -0.39 is 0 Å². The summed E-state index contributed by atoms with van der Waals surface area (Å²) in [7, 11) is 0. The first-order valence-electron chi connectivity index (χ1n) is 6.70. The average molecular weight is 257 g/mol. The van der Waals surface area contributed by atoms with Gasteiger partial charge in [0, 0.05) is 19.0 Å². The van der Waals surface area contributed by atoms with E-state index in [9.17, 15) is 4.79 Å². The van der Waals surface area contributed by atoms with Crippen LogP contribution in [0.3, 0.4) is 0 Å². The fourth-order valence-corrected chi connectivity index (χ4v) is 2.66. The third-order valence-corrected chi connectivity index (χ3v) is 3.88. The summed E-state index contributed by atoms with van der Waals surface area (Å²) in [6.07, 6.45) is 5.61. The van der Waals surface area contributed by atoms with Gasteiger partial charge in [-0.1, -0.05) is 0 Å². The molecule has 2 aromatic heterocycles. The molecule has 4 rings (SSSR count). The minimum Gasteiger partial charge on any atom is -0.463 e. The van der Waals surface area contributed by atoms with Gasteiger partial charge in [0.05, 0.1) is 19.0 Å². The van der Waals surface area contributed by atoms with E-state index in [0.717, 1.165) is 43.2 Å². The summed E-state index contributed by atoms with van der Waals surface area (Å²) in [4.78, 5) is 18.4. The predicted octanol–water partition coefficient (Wildman–Crippen LogP) is 1.90. The zero-order chi connectivity index (χ0) is 12.8. The van der Waals surface area contributed by atoms with Crippen LogP contribution in [0.25, 0.3) is 11.5 Å². The van der Waals surface area contributed by atoms with Gasteiger partial charge in [0.2, 0.25) is 5.91 Å². The summed E-state index contributed by atoms with van der Waals surface area (Å²) in [5.41, 5.74) is 0.999. The number of rotatable bonds is 2. The molecule has 0 spiro atoms. The number of imidazole rings is 1. The van der Waals surface area contributed by atoms with Crippen LogP contribution in [0.1, 0.15) is 18.7 Å². The molecule has 5 heteroatoms. The Bertz CT molecular complexity index is 611. The number of carbonyl (C=O) groups excluding carboxylic acids is 1. The Kier molecular flexibility index (Phi) is 2.27. The summed E-state index contributed by atoms with van der Waals surface area (Å²) < 4.78 is 7.57. The van der Waals surface area contributed by atoms with Gasteiger partial charge in [-0.25, -0.2) is 4.98 Å². The number of furan rings is 1. The Morgan fingerprint density at radius 2 is 2.26 bits per heavy atom. The standard InChI is InChI=1S/C14H15N3O2/c18-14(10-3-4-10)16-5-6-17-11(8-15-13(17)9-16)12-2-1-7-19-12/h1-2,7-8,10H,3-6,9H2. The Hall–Kier alpha value is -2.04. The van der Waals surface area contributed by atoms with E-state index in [0.29, 0.717) is 12.5 Å². The van der Waals surface area contributed by atoms with Crippen molar-refractivity contribution in [1.82, 2.24) is 14.5 Å². The molecular weight excluding hydrogens is 242 g/mol. The minimum absolute atomic E-state index is 0.283. The van der Waals surface area contributed by atoms with Crippen LogP contribution in [-0.2, 0) is 17.9 Å². The summed E-state index contributed by atoms with van der Waals surface area (Å²) in [5.74, 6) is 2.37. The van der Waals surface area contributed by atoms with E-state index >= 15 is 0 Å². The van der Waals surface area contributed by atoms with Gasteiger partial charge in [-0.2, -0.15) is 0 Å². The zero-order valence-corrected chi connectivity index (χ0v) is 10.6. The van der Waals surface area contributed by atoms with Crippen LogP contribution in [0.15, 0.2) is 29.0 Å². The van der Waals surface area contributed by atoms with Crippen LogP contribution in [0.2, 0.25) is 0 Å². The highest BCUT2D eigenvalue weighted by Crippen LogP contribution is 2.32. The quantitative estimate of drug-likeness (QED) is 0.825. The highest BCUT2D eigenvalue weighted by atomic mass is 16.3. The molecule has 98 valence electrons. The van der Waals surface area contributed by atoms with Crippen molar-refractivity contribution in [3.63, 3.8) is 0 Å². The molecule has 1 aliphatic carbocycles. The van der Waals surface area contributed by atoms with Gasteiger partial charge in [-0.05, 0) is 25.0 Å². The molecule has 3 heterocycles. The van der Waals surface area contributed by atoms with Crippen LogP contribution in [0.4, 0.5) is 0 Å². The molecule has 0 radical (unpaired) electrons. The molecule has 2 aliphatic rings. The lowest BCUT2D eigenvalue weighted by atomic mass is 10.2. The molecule has 5 nitrogen and oxygen atoms in total. The molecular formula is C14H15N3O2. The van der Waals surface area contributed by atoms with Crippen molar-refractivity contribution in [2.45, 2.75) is 25.9 Å². The first-order chi connectivity index (χ1) is 9.33. The van der Waals surface area contributed by atoms with Gasteiger partial charge in [0.1, 0.15) is 11.5 Å². The highest BCUT2D eigenvalue weighted by Gasteiger charge is 2.35. The van der Waals surface area contributed by atoms with Gasteiger partial charge in [0.15, 0.2) is 5.76 Å². The van der Waals surface area contributed by atoms with E-state index in [1.165, 1.54) is 0 Å². The van der Waals surface area contributed by atoms with Crippen molar-refractivity contribution in [2.24, 2.45) is 5.92 Å². The first kappa shape index (κ1) is 10.8. The molecule has 1 amide bonds. The van der Waals surface area contributed by atoms with Gasteiger partial charge < -0.3 is 13.9 Å². The van der Waals surface area contributed by atoms with Gasteiger partial charge in [-0.15, -0.1) is 0 Å². The van der Waals surface area contributed by atoms with Crippen molar-refractivity contribution < 1.29 is 9.21 Å². The molecule has 0 unspecified atom stereocenters. The molecule has 0 atom stereocenters. The number of fused-ring (bicyclic) bond motifs is 1. The van der Waals surface area contributed by atoms with E-state index in [1.54, 1.807) is 6.26 Å². The van der Waals surface area contributed by atoms with E-state index in [1.807, 2.05) is 23.2 Å². The average Bonchev–Trinajstić information content (AvgIpc) is 2.99. The third kappa shape index (κ3) is 1.77. The maximum atomic E-state index is 12.1. The lowest BCUT2D eigenvalue weighted by Crippen LogP contribution is -2.39. The number of nitrogens with zero attached hydrogens (tertiary/aromatic N) is 3. The molecule has 1 saturated carbocycles. The van der Waals surface area contributed by atoms with Crippen molar-refractivity contribution in [3.8, 4) is 11.5 Å². The molecule has 0 aromatic carbocycles. The predicted molar refractivity (Wildman–Crippen MR) is 68.1 cm³/mol. The van der Waals surface area contributed by atoms with Crippen LogP contribution < -0.4 is 0 Å². The van der Waals surface area contributed by atoms with Crippen LogP contribution >= 0.6 is 0 Å². The number of amides is 1. The van der Waals surface area contributed by atoms with Crippen LogP contribution in [0, 0.1) is 5.92 Å². The maximum absolute atomic E-state index is 12.1. The summed E-state index contributed by atoms with van der Waals surface area (Å²) >= 11 is 0. The Labute approximate surface area is 110 Å². The topological polar surface area (TPSA) is 51.3 Å². The van der Waals surface area contributed by atoms with Gasteiger partial charge in [-0.3, -0.25) is 4.79 Å². The normalized spacial score (nSPS) is 18.4. The Balaban J connectivity index is 1.61. The Morgan fingerprint density at radius 1 is 1.37 bits per heavy atom. The van der Waals surface area contributed by atoms with Gasteiger partial charge in [0.25, 0.3) is 0 Å². The smallest absolute Gasteiger partial charge is 0.226 e. The molecule has 1 aliphatic heterocycles. The fraction of sp³-hybridized carbons (Fsp3) is 0.429. The number of hydrogen-bond donors (Lipinski definition) is 0. The summed E-state index contributed by atoms with van der Waals surface area (Å²) in [5, 5.41) is 0. The summed E-state index contributed by atoms with van der Waals surface area (Å²) in [6, 6.07) is 3.81. The number of carbonyl (C=O) groups is 1. The zero-order valence-electron chi connectivity index (χ0n) is 10.6. The maximum Gasteiger partial charge on any atom is 0.226 e. The van der Waals surface area contributed by atoms with Crippen LogP contribution in [0.5, 0.6) is 0 Å². The third-order valence-electron chi connectivity index (χ3n) is 3.88. The molecule has 2 aromatic rings. The SMILES string of the molecule is O=C(C1CC1)N1CCn2c(-c3ccco3)cnc2C1. The minimum atomic E-state index is 0.283. The monoisotopic (exact) mass is 257 g/mol. The largest absolute Gasteiger partial charge is 0.463 e. The van der Waals surface area contributed by atoms with Crippen molar-refractivity contribution in [2.75, 3.05) is 6.54 Å². The molecule has 19 heavy (non-hydrogen) atoms. The van der Waals surface area contributed by atoms with Crippen LogP contribution in [-0.4, -0.2) is 26.9 Å². The van der Waals surface area contributed by atoms with E-state index in [-0.39, 0.29) is 5.92 Å². The number of hydrogen-bond acceptors (Lipinski definition) is 3. The lowest BCUT2D eigenvalue weighted by molar-refractivity contribution is -0.134. The van der Waals surface area contributed by atoms with Gasteiger partial charge >= 0.3 is 0 Å². The van der Waals surface area contributed by atoms with E-state index in [4.69, 9.17) is 4.42 Å². The molecule has 0 bridgehead atoms. The second-order valence-corrected chi connectivity index (χ2v) is 5.22. The van der Waals surface area contributed by atoms with E-state index in [2.05, 4.69) is 9.55 Å². The molecule has 0 saturated heterocycles. The fourth-order valence-electron chi connectivity index (χ4n) is 2.66. The highest BCUT2D eigenvalue weighted by molar-refractivity contribution is 5.81. The first-order valence-corrected chi connectivity index (χ1v) is 6.70. The van der Waals surface area contributed by atoms with Crippen molar-refractivity contribution in [3.05, 3.63) is 30.4 Å².